The molecule has 0 saturated carbocycles. The minimum atomic E-state index is -1.36. The summed E-state index contributed by atoms with van der Waals surface area (Å²) in [6.45, 7) is 13.0. The quantitative estimate of drug-likeness (QED) is 0.160. The Morgan fingerprint density at radius 2 is 1.84 bits per heavy atom. The fourth-order valence-electron chi connectivity index (χ4n) is 7.84. The molecule has 0 aromatic heterocycles. The van der Waals surface area contributed by atoms with Gasteiger partial charge in [-0.3, -0.25) is 19.2 Å². The Morgan fingerprint density at radius 1 is 1.14 bits per heavy atom. The topological polar surface area (TPSA) is 125 Å². The number of carbonyl (C=O) groups is 4. The fourth-order valence-corrected chi connectivity index (χ4v) is 8.79. The van der Waals surface area contributed by atoms with Crippen molar-refractivity contribution < 1.29 is 33.8 Å². The monoisotopic (exact) mass is 735 g/mol. The molecule has 2 N–H and O–H groups in total. The molecule has 49 heavy (non-hydrogen) atoms. The number of fused-ring (bicyclic) bond motifs is 1. The van der Waals surface area contributed by atoms with Gasteiger partial charge < -0.3 is 29.7 Å². The van der Waals surface area contributed by atoms with E-state index in [1.54, 1.807) is 24.0 Å². The minimum Gasteiger partial charge on any atom is -0.460 e. The lowest BCUT2D eigenvalue weighted by Crippen LogP contribution is -2.59. The van der Waals surface area contributed by atoms with E-state index in [2.05, 4.69) is 34.4 Å². The molecule has 11 heteroatoms. The second-order valence-corrected chi connectivity index (χ2v) is 14.5. The molecular formula is C38H46BrN3O7. The van der Waals surface area contributed by atoms with E-state index in [4.69, 9.17) is 9.47 Å². The zero-order valence-corrected chi connectivity index (χ0v) is 29.9. The maximum absolute atomic E-state index is 15.1. The number of benzene rings is 2. The van der Waals surface area contributed by atoms with Gasteiger partial charge in [-0.25, -0.2) is 0 Å². The Labute approximate surface area is 296 Å². The van der Waals surface area contributed by atoms with Gasteiger partial charge in [0.15, 0.2) is 0 Å². The van der Waals surface area contributed by atoms with Gasteiger partial charge in [0.05, 0.1) is 37.1 Å². The number of likely N-dealkylation sites (tertiary alicyclic amines) is 1. The third-order valence-corrected chi connectivity index (χ3v) is 10.8. The molecule has 5 rings (SSSR count). The molecule has 3 amide bonds. The number of nitrogens with zero attached hydrogens (tertiary/aromatic N) is 2. The molecule has 8 atom stereocenters. The van der Waals surface area contributed by atoms with E-state index in [9.17, 15) is 19.5 Å². The van der Waals surface area contributed by atoms with Gasteiger partial charge in [0.1, 0.15) is 17.7 Å². The molecule has 2 bridgehead atoms. The highest BCUT2D eigenvalue weighted by molar-refractivity contribution is 9.09. The van der Waals surface area contributed by atoms with E-state index in [-0.39, 0.29) is 36.2 Å². The van der Waals surface area contributed by atoms with Crippen LogP contribution in [0.3, 0.4) is 0 Å². The van der Waals surface area contributed by atoms with Gasteiger partial charge in [-0.1, -0.05) is 76.6 Å². The number of amides is 3. The van der Waals surface area contributed by atoms with Crippen molar-refractivity contribution in [1.82, 2.24) is 10.2 Å². The van der Waals surface area contributed by atoms with E-state index >= 15 is 4.79 Å². The number of aliphatic hydroxyl groups excluding tert-OH is 1. The molecule has 3 aliphatic heterocycles. The van der Waals surface area contributed by atoms with Crippen LogP contribution in [0.5, 0.6) is 0 Å². The van der Waals surface area contributed by atoms with Crippen molar-refractivity contribution in [3.63, 3.8) is 0 Å². The minimum absolute atomic E-state index is 0.102. The summed E-state index contributed by atoms with van der Waals surface area (Å²) in [5.74, 6) is -3.64. The summed E-state index contributed by atoms with van der Waals surface area (Å²) >= 11 is 3.72. The number of aliphatic hydroxyl groups is 1. The number of esters is 1. The van der Waals surface area contributed by atoms with Crippen molar-refractivity contribution in [2.24, 2.45) is 11.8 Å². The Hall–Kier alpha value is -3.80. The summed E-state index contributed by atoms with van der Waals surface area (Å²) in [6.07, 6.45) is 3.31. The first-order chi connectivity index (χ1) is 23.5. The normalized spacial score (nSPS) is 26.5. The Bertz CT molecular complexity index is 1560. The highest BCUT2D eigenvalue weighted by Crippen LogP contribution is 2.61. The highest BCUT2D eigenvalue weighted by atomic mass is 79.9. The SMILES string of the molecule is C=CCCC(=O)NC[C@@H](C)OC(=O)[C@@H]1[C@H]2O[C@@]3(CC2Br)[C@H](C(=O)N(CC=C)c2c(C)cccc2C)N([C@@H](CO)Cc2ccccc2)C(=O)[C@@H]13. The number of rotatable bonds is 15. The summed E-state index contributed by atoms with van der Waals surface area (Å²) in [6, 6.07) is 13.3. The number of alkyl halides is 1. The number of para-hydroxylation sites is 1. The third kappa shape index (κ3) is 6.98. The average Bonchev–Trinajstić information content (AvgIpc) is 3.68. The van der Waals surface area contributed by atoms with Crippen LogP contribution in [0.4, 0.5) is 5.69 Å². The largest absolute Gasteiger partial charge is 0.460 e. The number of aryl methyl sites for hydroxylation is 2. The molecule has 3 saturated heterocycles. The van der Waals surface area contributed by atoms with Crippen molar-refractivity contribution in [2.45, 2.75) is 81.2 Å². The molecule has 1 unspecified atom stereocenters. The Kier molecular flexibility index (Phi) is 11.5. The van der Waals surface area contributed by atoms with Crippen LogP contribution in [-0.2, 0) is 35.1 Å². The van der Waals surface area contributed by atoms with Crippen LogP contribution in [0.25, 0.3) is 0 Å². The second-order valence-electron chi connectivity index (χ2n) is 13.3. The molecule has 2 aromatic rings. The van der Waals surface area contributed by atoms with Crippen LogP contribution in [0.15, 0.2) is 73.8 Å². The molecule has 3 aliphatic rings. The standard InChI is InChI=1S/C38H46BrN3O7/c1-6-8-17-29(44)40-21-25(5)48-37(47)30-31-35(45)42(27(22-43)19-26-15-10-9-11-16-26)34(38(31)20-28(39)33(30)49-38)36(46)41(18-7-2)32-23(3)13-12-14-24(32)4/h6-7,9-16,25,27-28,30-31,33-34,43H,1-2,8,17-22H2,3-5H3,(H,40,44)/t25-,27-,28?,30+,31-,33+,34+,38-/m1/s1. The number of halogens is 1. The Morgan fingerprint density at radius 3 is 2.47 bits per heavy atom. The van der Waals surface area contributed by atoms with Crippen LogP contribution in [0.2, 0.25) is 0 Å². The number of hydrogen-bond acceptors (Lipinski definition) is 7. The van der Waals surface area contributed by atoms with Crippen LogP contribution in [-0.4, -0.2) is 88.1 Å². The second kappa shape index (κ2) is 15.4. The first-order valence-electron chi connectivity index (χ1n) is 16.8. The van der Waals surface area contributed by atoms with Gasteiger partial charge in [0, 0.05) is 23.5 Å². The number of allylic oxidation sites excluding steroid dienone is 1. The van der Waals surface area contributed by atoms with E-state index in [0.717, 1.165) is 16.7 Å². The molecule has 1 spiro atoms. The lowest BCUT2D eigenvalue weighted by atomic mass is 9.70. The Balaban J connectivity index is 1.53. The van der Waals surface area contributed by atoms with Crippen LogP contribution in [0, 0.1) is 25.7 Å². The van der Waals surface area contributed by atoms with Gasteiger partial charge in [0.2, 0.25) is 11.8 Å². The van der Waals surface area contributed by atoms with Crippen molar-refractivity contribution in [2.75, 3.05) is 24.6 Å². The number of anilines is 1. The molecule has 0 aliphatic carbocycles. The number of hydrogen-bond donors (Lipinski definition) is 2. The molecular weight excluding hydrogens is 690 g/mol. The molecule has 2 aromatic carbocycles. The molecule has 10 nitrogen and oxygen atoms in total. The molecule has 262 valence electrons. The maximum Gasteiger partial charge on any atom is 0.312 e. The average molecular weight is 737 g/mol. The van der Waals surface area contributed by atoms with Crippen molar-refractivity contribution in [3.8, 4) is 0 Å². The van der Waals surface area contributed by atoms with Crippen molar-refractivity contribution >= 4 is 45.3 Å². The summed E-state index contributed by atoms with van der Waals surface area (Å²) in [5.41, 5.74) is 2.00. The molecule has 0 radical (unpaired) electrons. The van der Waals surface area contributed by atoms with Gasteiger partial charge in [-0.05, 0) is 56.7 Å². The predicted octanol–water partition coefficient (Wildman–Crippen LogP) is 4.19. The maximum atomic E-state index is 15.1. The zero-order valence-electron chi connectivity index (χ0n) is 28.3. The van der Waals surface area contributed by atoms with Gasteiger partial charge in [-0.2, -0.15) is 0 Å². The number of carbonyl (C=O) groups excluding carboxylic acids is 4. The van der Waals surface area contributed by atoms with Crippen LogP contribution >= 0.6 is 15.9 Å². The summed E-state index contributed by atoms with van der Waals surface area (Å²) in [5, 5.41) is 13.6. The van der Waals surface area contributed by atoms with E-state index in [1.807, 2.05) is 62.4 Å². The number of ether oxygens (including phenoxy) is 2. The number of nitrogens with one attached hydrogen (secondary N) is 1. The fraction of sp³-hybridized carbons (Fsp3) is 0.474. The summed E-state index contributed by atoms with van der Waals surface area (Å²) < 4.78 is 12.6. The van der Waals surface area contributed by atoms with Gasteiger partial charge in [-0.15, -0.1) is 13.2 Å². The third-order valence-electron chi connectivity index (χ3n) is 9.92. The van der Waals surface area contributed by atoms with E-state index in [1.165, 1.54) is 4.90 Å². The lowest BCUT2D eigenvalue weighted by Gasteiger charge is -2.40. The van der Waals surface area contributed by atoms with Crippen molar-refractivity contribution in [1.29, 1.82) is 0 Å². The van der Waals surface area contributed by atoms with Crippen LogP contribution < -0.4 is 10.2 Å². The zero-order chi connectivity index (χ0) is 35.5. The summed E-state index contributed by atoms with van der Waals surface area (Å²) in [4.78, 5) is 58.8. The molecule has 3 fully saturated rings. The van der Waals surface area contributed by atoms with Crippen LogP contribution in [0.1, 0.15) is 42.9 Å². The lowest BCUT2D eigenvalue weighted by molar-refractivity contribution is -0.159. The molecule has 3 heterocycles. The van der Waals surface area contributed by atoms with E-state index in [0.29, 0.717) is 24.9 Å². The van der Waals surface area contributed by atoms with Gasteiger partial charge >= 0.3 is 5.97 Å². The van der Waals surface area contributed by atoms with Crippen molar-refractivity contribution in [3.05, 3.63) is 90.5 Å². The highest BCUT2D eigenvalue weighted by Gasteiger charge is 2.77. The van der Waals surface area contributed by atoms with Gasteiger partial charge in [0.25, 0.3) is 5.91 Å². The van der Waals surface area contributed by atoms with E-state index < -0.39 is 60.2 Å². The first-order valence-corrected chi connectivity index (χ1v) is 17.8. The summed E-state index contributed by atoms with van der Waals surface area (Å²) in [7, 11) is 0. The predicted molar refractivity (Wildman–Crippen MR) is 190 cm³/mol. The smallest absolute Gasteiger partial charge is 0.312 e. The first kappa shape index (κ1) is 36.5.